The fourth-order valence-electron chi connectivity index (χ4n) is 2.78. The van der Waals surface area contributed by atoms with Gasteiger partial charge in [-0.15, -0.1) is 0 Å². The smallest absolute Gasteiger partial charge is 0.268 e. The number of hydrogen-bond acceptors (Lipinski definition) is 3. The highest BCUT2D eigenvalue weighted by Crippen LogP contribution is 2.19. The van der Waals surface area contributed by atoms with Crippen LogP contribution in [0.4, 0.5) is 5.69 Å². The van der Waals surface area contributed by atoms with Crippen LogP contribution in [0.5, 0.6) is 0 Å². The third kappa shape index (κ3) is 3.64. The van der Waals surface area contributed by atoms with Crippen molar-refractivity contribution in [2.24, 2.45) is 0 Å². The zero-order valence-electron chi connectivity index (χ0n) is 14.6. The van der Waals surface area contributed by atoms with Gasteiger partial charge >= 0.3 is 0 Å². The Kier molecular flexibility index (Phi) is 4.84. The van der Waals surface area contributed by atoms with Crippen LogP contribution in [-0.2, 0) is 4.79 Å². The molecule has 0 saturated heterocycles. The molecule has 0 atom stereocenters. The monoisotopic (exact) mass is 349 g/mol. The van der Waals surface area contributed by atoms with Gasteiger partial charge < -0.3 is 15.6 Å². The van der Waals surface area contributed by atoms with E-state index in [-0.39, 0.29) is 23.7 Å². The number of nitrogens with one attached hydrogen (secondary N) is 3. The summed E-state index contributed by atoms with van der Waals surface area (Å²) in [6, 6.07) is 14.3. The SMILES string of the molecule is Cc1cccc(C)c1NC(=O)CNC(=O)c1cc2ccccc2c(=O)[nH]1. The molecule has 6 heteroatoms. The molecule has 26 heavy (non-hydrogen) atoms. The average molecular weight is 349 g/mol. The minimum atomic E-state index is -0.510. The van der Waals surface area contributed by atoms with Gasteiger partial charge in [-0.3, -0.25) is 14.4 Å². The minimum absolute atomic E-state index is 0.119. The highest BCUT2D eigenvalue weighted by atomic mass is 16.2. The number of rotatable bonds is 4. The van der Waals surface area contributed by atoms with Crippen molar-refractivity contribution in [3.05, 3.63) is 75.7 Å². The number of carbonyl (C=O) groups is 2. The number of para-hydroxylation sites is 1. The number of anilines is 1. The van der Waals surface area contributed by atoms with Crippen LogP contribution >= 0.6 is 0 Å². The molecule has 0 unspecified atom stereocenters. The maximum atomic E-state index is 12.3. The quantitative estimate of drug-likeness (QED) is 0.676. The Labute approximate surface area is 150 Å². The maximum Gasteiger partial charge on any atom is 0.268 e. The van der Waals surface area contributed by atoms with E-state index < -0.39 is 5.91 Å². The maximum absolute atomic E-state index is 12.3. The number of fused-ring (bicyclic) bond motifs is 1. The van der Waals surface area contributed by atoms with Crippen molar-refractivity contribution < 1.29 is 9.59 Å². The minimum Gasteiger partial charge on any atom is -0.342 e. The number of benzene rings is 2. The average Bonchev–Trinajstić information content (AvgIpc) is 2.63. The van der Waals surface area contributed by atoms with Gasteiger partial charge in [-0.1, -0.05) is 36.4 Å². The van der Waals surface area contributed by atoms with Crippen LogP contribution in [0.15, 0.2) is 53.3 Å². The van der Waals surface area contributed by atoms with Crippen molar-refractivity contribution >= 4 is 28.3 Å². The van der Waals surface area contributed by atoms with Gasteiger partial charge in [0.15, 0.2) is 0 Å². The molecular weight excluding hydrogens is 330 g/mol. The molecule has 0 radical (unpaired) electrons. The molecule has 0 spiro atoms. The topological polar surface area (TPSA) is 91.1 Å². The normalized spacial score (nSPS) is 10.5. The lowest BCUT2D eigenvalue weighted by molar-refractivity contribution is -0.115. The Bertz CT molecular complexity index is 1030. The number of amides is 2. The van der Waals surface area contributed by atoms with E-state index in [4.69, 9.17) is 0 Å². The van der Waals surface area contributed by atoms with Gasteiger partial charge in [0.05, 0.1) is 6.54 Å². The summed E-state index contributed by atoms with van der Waals surface area (Å²) in [6.07, 6.45) is 0. The van der Waals surface area contributed by atoms with Crippen LogP contribution in [0.2, 0.25) is 0 Å². The van der Waals surface area contributed by atoms with Gasteiger partial charge in [0.25, 0.3) is 11.5 Å². The van der Waals surface area contributed by atoms with Gasteiger partial charge in [0.1, 0.15) is 5.69 Å². The molecule has 0 aliphatic heterocycles. The molecule has 2 amide bonds. The lowest BCUT2D eigenvalue weighted by atomic mass is 10.1. The summed E-state index contributed by atoms with van der Waals surface area (Å²) < 4.78 is 0. The number of aryl methyl sites for hydroxylation is 2. The van der Waals surface area contributed by atoms with E-state index in [1.54, 1.807) is 30.3 Å². The van der Waals surface area contributed by atoms with Crippen molar-refractivity contribution in [3.8, 4) is 0 Å². The summed E-state index contributed by atoms with van der Waals surface area (Å²) >= 11 is 0. The van der Waals surface area contributed by atoms with Crippen molar-refractivity contribution in [2.45, 2.75) is 13.8 Å². The Morgan fingerprint density at radius 1 is 1.00 bits per heavy atom. The molecule has 0 aliphatic rings. The van der Waals surface area contributed by atoms with Crippen molar-refractivity contribution in [2.75, 3.05) is 11.9 Å². The first-order chi connectivity index (χ1) is 12.5. The number of H-pyrrole nitrogens is 1. The van der Waals surface area contributed by atoms with E-state index >= 15 is 0 Å². The van der Waals surface area contributed by atoms with Crippen LogP contribution in [0.25, 0.3) is 10.8 Å². The summed E-state index contributed by atoms with van der Waals surface area (Å²) in [5.41, 5.74) is 2.42. The molecule has 2 aromatic carbocycles. The first kappa shape index (κ1) is 17.4. The van der Waals surface area contributed by atoms with Crippen molar-refractivity contribution in [3.63, 3.8) is 0 Å². The molecule has 0 aliphatic carbocycles. The zero-order chi connectivity index (χ0) is 18.7. The highest BCUT2D eigenvalue weighted by Gasteiger charge is 2.12. The van der Waals surface area contributed by atoms with Gasteiger partial charge in [-0.2, -0.15) is 0 Å². The van der Waals surface area contributed by atoms with Gasteiger partial charge in [0, 0.05) is 11.1 Å². The van der Waals surface area contributed by atoms with E-state index in [0.717, 1.165) is 16.8 Å². The number of pyridine rings is 1. The second-order valence-electron chi connectivity index (χ2n) is 6.10. The van der Waals surface area contributed by atoms with Crippen LogP contribution in [-0.4, -0.2) is 23.3 Å². The fourth-order valence-corrected chi connectivity index (χ4v) is 2.78. The molecular formula is C20H19N3O3. The van der Waals surface area contributed by atoms with E-state index in [2.05, 4.69) is 15.6 Å². The summed E-state index contributed by atoms with van der Waals surface area (Å²) in [5.74, 6) is -0.844. The van der Waals surface area contributed by atoms with Crippen molar-refractivity contribution in [1.29, 1.82) is 0 Å². The number of aromatic amines is 1. The summed E-state index contributed by atoms with van der Waals surface area (Å²) in [6.45, 7) is 3.61. The van der Waals surface area contributed by atoms with E-state index in [1.807, 2.05) is 32.0 Å². The van der Waals surface area contributed by atoms with Gasteiger partial charge in [-0.25, -0.2) is 0 Å². The van der Waals surface area contributed by atoms with Crippen LogP contribution < -0.4 is 16.2 Å². The summed E-state index contributed by atoms with van der Waals surface area (Å²) in [4.78, 5) is 39.0. The molecule has 1 aromatic heterocycles. The second-order valence-corrected chi connectivity index (χ2v) is 6.10. The molecule has 132 valence electrons. The standard InChI is InChI=1S/C20H19N3O3/c1-12-6-5-7-13(2)18(12)23-17(24)11-21-20(26)16-10-14-8-3-4-9-15(14)19(25)22-16/h3-10H,11H2,1-2H3,(H,21,26)(H,22,25)(H,23,24). The first-order valence-corrected chi connectivity index (χ1v) is 8.22. The summed E-state index contributed by atoms with van der Waals surface area (Å²) in [5, 5.41) is 6.51. The number of aromatic nitrogens is 1. The fraction of sp³-hybridized carbons (Fsp3) is 0.150. The largest absolute Gasteiger partial charge is 0.342 e. The predicted octanol–water partition coefficient (Wildman–Crippen LogP) is 2.51. The third-order valence-corrected chi connectivity index (χ3v) is 4.15. The third-order valence-electron chi connectivity index (χ3n) is 4.15. The van der Waals surface area contributed by atoms with Crippen LogP contribution in [0.1, 0.15) is 21.6 Å². The van der Waals surface area contributed by atoms with E-state index in [0.29, 0.717) is 10.8 Å². The zero-order valence-corrected chi connectivity index (χ0v) is 14.6. The molecule has 1 heterocycles. The molecule has 3 rings (SSSR count). The molecule has 6 nitrogen and oxygen atoms in total. The Hall–Kier alpha value is -3.41. The van der Waals surface area contributed by atoms with Crippen LogP contribution in [0, 0.1) is 13.8 Å². The van der Waals surface area contributed by atoms with Gasteiger partial charge in [-0.05, 0) is 42.5 Å². The molecule has 3 aromatic rings. The van der Waals surface area contributed by atoms with E-state index in [9.17, 15) is 14.4 Å². The Balaban J connectivity index is 1.69. The lowest BCUT2D eigenvalue weighted by Crippen LogP contribution is -2.34. The van der Waals surface area contributed by atoms with Crippen molar-refractivity contribution in [1.82, 2.24) is 10.3 Å². The van der Waals surface area contributed by atoms with Gasteiger partial charge in [0.2, 0.25) is 5.91 Å². The number of hydrogen-bond donors (Lipinski definition) is 3. The summed E-state index contributed by atoms with van der Waals surface area (Å²) in [7, 11) is 0. The first-order valence-electron chi connectivity index (χ1n) is 8.22. The van der Waals surface area contributed by atoms with E-state index in [1.165, 1.54) is 0 Å². The Morgan fingerprint density at radius 3 is 2.42 bits per heavy atom. The van der Waals surface area contributed by atoms with Crippen LogP contribution in [0.3, 0.4) is 0 Å². The number of carbonyl (C=O) groups excluding carboxylic acids is 2. The predicted molar refractivity (Wildman–Crippen MR) is 101 cm³/mol. The highest BCUT2D eigenvalue weighted by molar-refractivity contribution is 6.00. The molecule has 0 saturated carbocycles. The second kappa shape index (κ2) is 7.23. The Morgan fingerprint density at radius 2 is 1.69 bits per heavy atom. The lowest BCUT2D eigenvalue weighted by Gasteiger charge is -2.12. The molecule has 3 N–H and O–H groups in total. The molecule has 0 bridgehead atoms. The molecule has 0 fully saturated rings.